The molecule has 82 valence electrons. The van der Waals surface area contributed by atoms with Gasteiger partial charge in [-0.3, -0.25) is 0 Å². The van der Waals surface area contributed by atoms with Gasteiger partial charge in [0, 0.05) is 18.7 Å². The van der Waals surface area contributed by atoms with Crippen molar-refractivity contribution < 1.29 is 14.9 Å². The molecule has 4 nitrogen and oxygen atoms in total. The minimum Gasteiger partial charge on any atom is -0.508 e. The number of phenols is 1. The van der Waals surface area contributed by atoms with E-state index in [1.165, 1.54) is 0 Å². The first-order valence-electron chi connectivity index (χ1n) is 5.06. The molecule has 2 rings (SSSR count). The molecule has 0 aliphatic carbocycles. The number of aliphatic hydroxyl groups excluding tert-OH is 1. The highest BCUT2D eigenvalue weighted by molar-refractivity contribution is 5.37. The lowest BCUT2D eigenvalue weighted by Crippen LogP contribution is -2.33. The van der Waals surface area contributed by atoms with Gasteiger partial charge in [-0.05, 0) is 11.6 Å². The van der Waals surface area contributed by atoms with Crippen molar-refractivity contribution >= 4 is 0 Å². The van der Waals surface area contributed by atoms with Crippen molar-refractivity contribution in [1.29, 1.82) is 0 Å². The summed E-state index contributed by atoms with van der Waals surface area (Å²) in [6.07, 6.45) is -0.00241. The molecule has 1 unspecified atom stereocenters. The van der Waals surface area contributed by atoms with Gasteiger partial charge in [-0.15, -0.1) is 0 Å². The highest BCUT2D eigenvalue weighted by Crippen LogP contribution is 2.25. The Morgan fingerprint density at radius 3 is 2.93 bits per heavy atom. The van der Waals surface area contributed by atoms with E-state index in [1.807, 2.05) is 6.07 Å². The Bertz CT molecular complexity index is 335. The summed E-state index contributed by atoms with van der Waals surface area (Å²) >= 11 is 0. The number of aromatic hydroxyl groups is 1. The molecule has 0 spiro atoms. The molecule has 0 bridgehead atoms. The topological polar surface area (TPSA) is 61.7 Å². The predicted molar refractivity (Wildman–Crippen MR) is 55.6 cm³/mol. The molecule has 15 heavy (non-hydrogen) atoms. The molecular weight excluding hydrogens is 194 g/mol. The fourth-order valence-corrected chi connectivity index (χ4v) is 1.69. The molecule has 1 aromatic rings. The maximum Gasteiger partial charge on any atom is 0.121 e. The first-order valence-corrected chi connectivity index (χ1v) is 5.06. The molecule has 1 saturated heterocycles. The van der Waals surface area contributed by atoms with Crippen molar-refractivity contribution in [2.45, 2.75) is 12.7 Å². The lowest BCUT2D eigenvalue weighted by atomic mass is 10.1. The molecule has 1 atom stereocenters. The van der Waals surface area contributed by atoms with Crippen molar-refractivity contribution in [2.24, 2.45) is 0 Å². The molecule has 1 heterocycles. The smallest absolute Gasteiger partial charge is 0.121 e. The van der Waals surface area contributed by atoms with Crippen LogP contribution in [0.5, 0.6) is 5.75 Å². The maximum absolute atomic E-state index is 9.59. The van der Waals surface area contributed by atoms with Crippen LogP contribution in [0, 0.1) is 0 Å². The van der Waals surface area contributed by atoms with Crippen LogP contribution >= 0.6 is 0 Å². The summed E-state index contributed by atoms with van der Waals surface area (Å²) in [7, 11) is 0. The summed E-state index contributed by atoms with van der Waals surface area (Å²) in [6.45, 7) is 2.18. The van der Waals surface area contributed by atoms with Gasteiger partial charge in [-0.2, -0.15) is 0 Å². The Morgan fingerprint density at radius 2 is 2.33 bits per heavy atom. The summed E-state index contributed by atoms with van der Waals surface area (Å²) in [4.78, 5) is 0. The van der Waals surface area contributed by atoms with Gasteiger partial charge >= 0.3 is 0 Å². The van der Waals surface area contributed by atoms with Crippen molar-refractivity contribution in [3.63, 3.8) is 0 Å². The Morgan fingerprint density at radius 1 is 1.47 bits per heavy atom. The Labute approximate surface area is 88.5 Å². The number of rotatable bonds is 2. The highest BCUT2D eigenvalue weighted by atomic mass is 16.5. The van der Waals surface area contributed by atoms with Crippen LogP contribution < -0.4 is 5.32 Å². The van der Waals surface area contributed by atoms with Crippen LogP contribution in [0.4, 0.5) is 0 Å². The minimum atomic E-state index is -0.143. The Balaban J connectivity index is 2.17. The second-order valence-corrected chi connectivity index (χ2v) is 3.61. The van der Waals surface area contributed by atoms with Crippen LogP contribution in [-0.4, -0.2) is 29.9 Å². The SMILES string of the molecule is OCc1ccc(C2CNCCO2)cc1O. The quantitative estimate of drug-likeness (QED) is 0.665. The third kappa shape index (κ3) is 2.28. The number of aliphatic hydroxyl groups is 1. The molecular formula is C11H15NO3. The van der Waals surface area contributed by atoms with E-state index in [0.29, 0.717) is 12.2 Å². The summed E-state index contributed by atoms with van der Waals surface area (Å²) < 4.78 is 5.56. The fourth-order valence-electron chi connectivity index (χ4n) is 1.69. The molecule has 3 N–H and O–H groups in total. The van der Waals surface area contributed by atoms with Crippen LogP contribution in [-0.2, 0) is 11.3 Å². The third-order valence-electron chi connectivity index (χ3n) is 2.58. The van der Waals surface area contributed by atoms with E-state index in [2.05, 4.69) is 5.32 Å². The van der Waals surface area contributed by atoms with E-state index in [9.17, 15) is 5.11 Å². The highest BCUT2D eigenvalue weighted by Gasteiger charge is 2.16. The molecule has 0 amide bonds. The second kappa shape index (κ2) is 4.61. The molecule has 0 aromatic heterocycles. The van der Waals surface area contributed by atoms with Gasteiger partial charge in [-0.1, -0.05) is 12.1 Å². The zero-order chi connectivity index (χ0) is 10.7. The molecule has 1 aliphatic heterocycles. The van der Waals surface area contributed by atoms with E-state index in [-0.39, 0.29) is 18.5 Å². The van der Waals surface area contributed by atoms with Crippen molar-refractivity contribution in [3.05, 3.63) is 29.3 Å². The van der Waals surface area contributed by atoms with Gasteiger partial charge in [0.1, 0.15) is 5.75 Å². The molecule has 1 fully saturated rings. The van der Waals surface area contributed by atoms with Gasteiger partial charge in [0.25, 0.3) is 0 Å². The van der Waals surface area contributed by atoms with Crippen molar-refractivity contribution in [2.75, 3.05) is 19.7 Å². The normalized spacial score (nSPS) is 21.5. The van der Waals surface area contributed by atoms with Gasteiger partial charge in [0.2, 0.25) is 0 Å². The van der Waals surface area contributed by atoms with E-state index in [1.54, 1.807) is 12.1 Å². The first-order chi connectivity index (χ1) is 7.31. The number of nitrogens with one attached hydrogen (secondary N) is 1. The maximum atomic E-state index is 9.59. The number of ether oxygens (including phenoxy) is 1. The predicted octanol–water partition coefficient (Wildman–Crippen LogP) is 0.545. The number of morpholine rings is 1. The monoisotopic (exact) mass is 209 g/mol. The van der Waals surface area contributed by atoms with Crippen molar-refractivity contribution in [3.8, 4) is 5.75 Å². The van der Waals surface area contributed by atoms with Gasteiger partial charge in [-0.25, -0.2) is 0 Å². The van der Waals surface area contributed by atoms with Crippen molar-refractivity contribution in [1.82, 2.24) is 5.32 Å². The lowest BCUT2D eigenvalue weighted by Gasteiger charge is -2.24. The zero-order valence-corrected chi connectivity index (χ0v) is 8.44. The van der Waals surface area contributed by atoms with Gasteiger partial charge in [0.15, 0.2) is 0 Å². The standard InChI is InChI=1S/C11H15NO3/c13-7-9-2-1-8(5-10(9)14)11-6-12-3-4-15-11/h1-2,5,11-14H,3-4,6-7H2. The number of hydrogen-bond acceptors (Lipinski definition) is 4. The zero-order valence-electron chi connectivity index (χ0n) is 8.44. The van der Waals surface area contributed by atoms with Crippen LogP contribution in [0.25, 0.3) is 0 Å². The van der Waals surface area contributed by atoms with Crippen LogP contribution in [0.1, 0.15) is 17.2 Å². The minimum absolute atomic E-state index is 0.00241. The van der Waals surface area contributed by atoms with Crippen LogP contribution in [0.15, 0.2) is 18.2 Å². The first kappa shape index (κ1) is 10.4. The summed E-state index contributed by atoms with van der Waals surface area (Å²) in [6, 6.07) is 5.26. The third-order valence-corrected chi connectivity index (χ3v) is 2.58. The summed E-state index contributed by atoms with van der Waals surface area (Å²) in [5, 5.41) is 21.7. The molecule has 1 aromatic carbocycles. The summed E-state index contributed by atoms with van der Waals surface area (Å²) in [5.41, 5.74) is 1.49. The van der Waals surface area contributed by atoms with Crippen LogP contribution in [0.3, 0.4) is 0 Å². The molecule has 1 aliphatic rings. The van der Waals surface area contributed by atoms with E-state index >= 15 is 0 Å². The molecule has 0 saturated carbocycles. The average Bonchev–Trinajstić information content (AvgIpc) is 2.30. The Hall–Kier alpha value is -1.10. The van der Waals surface area contributed by atoms with E-state index in [0.717, 1.165) is 18.7 Å². The number of hydrogen-bond donors (Lipinski definition) is 3. The molecule has 0 radical (unpaired) electrons. The van der Waals surface area contributed by atoms with Gasteiger partial charge < -0.3 is 20.3 Å². The van der Waals surface area contributed by atoms with Crippen LogP contribution in [0.2, 0.25) is 0 Å². The van der Waals surface area contributed by atoms with Gasteiger partial charge in [0.05, 0.1) is 19.3 Å². The Kier molecular flexibility index (Phi) is 3.20. The second-order valence-electron chi connectivity index (χ2n) is 3.61. The average molecular weight is 209 g/mol. The lowest BCUT2D eigenvalue weighted by molar-refractivity contribution is 0.0275. The largest absolute Gasteiger partial charge is 0.508 e. The molecule has 4 heteroatoms. The van der Waals surface area contributed by atoms with E-state index < -0.39 is 0 Å². The van der Waals surface area contributed by atoms with E-state index in [4.69, 9.17) is 9.84 Å². The fraction of sp³-hybridized carbons (Fsp3) is 0.455. The number of benzene rings is 1. The summed E-state index contributed by atoms with van der Waals surface area (Å²) in [5.74, 6) is 0.129.